The zero-order valence-corrected chi connectivity index (χ0v) is 15.6. The third kappa shape index (κ3) is 4.71. The summed E-state index contributed by atoms with van der Waals surface area (Å²) in [6.45, 7) is 4.22. The molecule has 1 aromatic carbocycles. The Morgan fingerprint density at radius 2 is 1.82 bits per heavy atom. The van der Waals surface area contributed by atoms with Crippen LogP contribution in [0.2, 0.25) is 0 Å². The van der Waals surface area contributed by atoms with Gasteiger partial charge in [-0.1, -0.05) is 0 Å². The Balaban J connectivity index is 1.54. The monoisotopic (exact) mass is 393 g/mol. The van der Waals surface area contributed by atoms with Crippen molar-refractivity contribution in [1.29, 1.82) is 0 Å². The Hall–Kier alpha value is -2.84. The number of nitrogens with zero attached hydrogens (tertiary/aromatic N) is 3. The zero-order chi connectivity index (χ0) is 20.1. The highest BCUT2D eigenvalue weighted by atomic mass is 19.2. The van der Waals surface area contributed by atoms with Gasteiger partial charge in [0.05, 0.1) is 5.56 Å². The fourth-order valence-corrected chi connectivity index (χ4v) is 3.09. The molecule has 6 nitrogen and oxygen atoms in total. The number of rotatable bonds is 6. The van der Waals surface area contributed by atoms with E-state index in [1.807, 2.05) is 13.0 Å². The van der Waals surface area contributed by atoms with Crippen molar-refractivity contribution in [3.05, 3.63) is 47.0 Å². The first-order valence-electron chi connectivity index (χ1n) is 9.22. The summed E-state index contributed by atoms with van der Waals surface area (Å²) in [7, 11) is 0. The van der Waals surface area contributed by atoms with Crippen molar-refractivity contribution in [2.24, 2.45) is 0 Å². The van der Waals surface area contributed by atoms with Crippen molar-refractivity contribution in [3.8, 4) is 0 Å². The van der Waals surface area contributed by atoms with E-state index >= 15 is 0 Å². The van der Waals surface area contributed by atoms with Crippen molar-refractivity contribution in [1.82, 2.24) is 15.3 Å². The Morgan fingerprint density at radius 1 is 1.07 bits per heavy atom. The van der Waals surface area contributed by atoms with E-state index in [2.05, 4.69) is 25.5 Å². The number of amides is 1. The lowest BCUT2D eigenvalue weighted by Crippen LogP contribution is -2.31. The topological polar surface area (TPSA) is 70.2 Å². The molecule has 0 aliphatic carbocycles. The van der Waals surface area contributed by atoms with Crippen molar-refractivity contribution >= 4 is 17.5 Å². The number of aryl methyl sites for hydroxylation is 1. The van der Waals surface area contributed by atoms with E-state index in [0.717, 1.165) is 43.9 Å². The van der Waals surface area contributed by atoms with Crippen molar-refractivity contribution < 1.29 is 18.0 Å². The first-order valence-corrected chi connectivity index (χ1v) is 9.22. The summed E-state index contributed by atoms with van der Waals surface area (Å²) < 4.78 is 39.8. The molecule has 1 aliphatic rings. The number of hydrogen-bond donors (Lipinski definition) is 2. The highest BCUT2D eigenvalue weighted by Crippen LogP contribution is 2.20. The van der Waals surface area contributed by atoms with Gasteiger partial charge in [0.2, 0.25) is 0 Å². The predicted molar refractivity (Wildman–Crippen MR) is 100.0 cm³/mol. The predicted octanol–water partition coefficient (Wildman–Crippen LogP) is 3.03. The van der Waals surface area contributed by atoms with Gasteiger partial charge in [0.15, 0.2) is 17.5 Å². The van der Waals surface area contributed by atoms with Crippen LogP contribution in [0.4, 0.5) is 24.8 Å². The molecule has 150 valence electrons. The van der Waals surface area contributed by atoms with Crippen LogP contribution < -0.4 is 15.5 Å². The molecule has 0 atom stereocenters. The molecule has 2 heterocycles. The van der Waals surface area contributed by atoms with Crippen molar-refractivity contribution in [3.63, 3.8) is 0 Å². The molecule has 28 heavy (non-hydrogen) atoms. The van der Waals surface area contributed by atoms with E-state index in [-0.39, 0.29) is 6.54 Å². The summed E-state index contributed by atoms with van der Waals surface area (Å²) >= 11 is 0. The maximum atomic E-state index is 13.6. The first-order chi connectivity index (χ1) is 13.5. The second-order valence-electron chi connectivity index (χ2n) is 6.61. The highest BCUT2D eigenvalue weighted by Gasteiger charge is 2.18. The molecule has 1 aliphatic heterocycles. The Morgan fingerprint density at radius 3 is 2.57 bits per heavy atom. The standard InChI is InChI=1S/C19H22F3N5O/c1-12-25-15(11-16(26-12)27-9-3-2-4-10-27)23-7-8-24-19(28)13-5-6-14(20)18(22)17(13)21/h5-6,11H,2-4,7-10H2,1H3,(H,24,28)(H,23,25,26). The van der Waals surface area contributed by atoms with E-state index in [1.54, 1.807) is 0 Å². The molecule has 1 aromatic heterocycles. The van der Waals surface area contributed by atoms with Gasteiger partial charge in [0, 0.05) is 32.2 Å². The van der Waals surface area contributed by atoms with Gasteiger partial charge in [0.1, 0.15) is 17.5 Å². The lowest BCUT2D eigenvalue weighted by molar-refractivity contribution is 0.0950. The molecule has 9 heteroatoms. The van der Waals surface area contributed by atoms with Crippen LogP contribution in [-0.4, -0.2) is 42.1 Å². The molecule has 1 saturated heterocycles. The van der Waals surface area contributed by atoms with E-state index in [0.29, 0.717) is 18.2 Å². The number of halogens is 3. The largest absolute Gasteiger partial charge is 0.368 e. The van der Waals surface area contributed by atoms with Crippen LogP contribution in [0.3, 0.4) is 0 Å². The lowest BCUT2D eigenvalue weighted by atomic mass is 10.1. The molecular formula is C19H22F3N5O. The molecule has 0 unspecified atom stereocenters. The third-order valence-electron chi connectivity index (χ3n) is 4.50. The Bertz CT molecular complexity index is 856. The van der Waals surface area contributed by atoms with E-state index < -0.39 is 28.9 Å². The first kappa shape index (κ1) is 19.9. The second-order valence-corrected chi connectivity index (χ2v) is 6.61. The zero-order valence-electron chi connectivity index (χ0n) is 15.6. The third-order valence-corrected chi connectivity index (χ3v) is 4.50. The van der Waals surface area contributed by atoms with Gasteiger partial charge in [-0.2, -0.15) is 0 Å². The van der Waals surface area contributed by atoms with E-state index in [9.17, 15) is 18.0 Å². The van der Waals surface area contributed by atoms with Crippen LogP contribution in [0.15, 0.2) is 18.2 Å². The molecule has 1 fully saturated rings. The van der Waals surface area contributed by atoms with Crippen LogP contribution >= 0.6 is 0 Å². The van der Waals surface area contributed by atoms with Gasteiger partial charge in [0.25, 0.3) is 5.91 Å². The maximum Gasteiger partial charge on any atom is 0.254 e. The Kier molecular flexibility index (Phi) is 6.33. The van der Waals surface area contributed by atoms with Crippen LogP contribution in [-0.2, 0) is 0 Å². The van der Waals surface area contributed by atoms with Crippen LogP contribution in [0.5, 0.6) is 0 Å². The number of carbonyl (C=O) groups excluding carboxylic acids is 1. The summed E-state index contributed by atoms with van der Waals surface area (Å²) in [5.41, 5.74) is -0.538. The summed E-state index contributed by atoms with van der Waals surface area (Å²) in [6.07, 6.45) is 3.50. The Labute approximate surface area is 161 Å². The SMILES string of the molecule is Cc1nc(NCCNC(=O)c2ccc(F)c(F)c2F)cc(N2CCCCC2)n1. The molecule has 0 bridgehead atoms. The molecule has 0 saturated carbocycles. The van der Waals surface area contributed by atoms with Gasteiger partial charge in [-0.3, -0.25) is 4.79 Å². The lowest BCUT2D eigenvalue weighted by Gasteiger charge is -2.28. The van der Waals surface area contributed by atoms with Crippen LogP contribution in [0.25, 0.3) is 0 Å². The highest BCUT2D eigenvalue weighted by molar-refractivity contribution is 5.94. The van der Waals surface area contributed by atoms with Gasteiger partial charge >= 0.3 is 0 Å². The summed E-state index contributed by atoms with van der Waals surface area (Å²) in [5, 5.41) is 5.55. The number of piperidine rings is 1. The molecular weight excluding hydrogens is 371 g/mol. The number of aromatic nitrogens is 2. The number of nitrogens with one attached hydrogen (secondary N) is 2. The number of anilines is 2. The number of hydrogen-bond acceptors (Lipinski definition) is 5. The van der Waals surface area contributed by atoms with Gasteiger partial charge in [-0.05, 0) is 38.3 Å². The number of carbonyl (C=O) groups is 1. The average Bonchev–Trinajstić information content (AvgIpc) is 2.69. The second kappa shape index (κ2) is 8.90. The minimum Gasteiger partial charge on any atom is -0.368 e. The average molecular weight is 393 g/mol. The van der Waals surface area contributed by atoms with Crippen molar-refractivity contribution in [2.45, 2.75) is 26.2 Å². The normalized spacial score (nSPS) is 14.1. The molecule has 0 radical (unpaired) electrons. The summed E-state index contributed by atoms with van der Waals surface area (Å²) in [4.78, 5) is 23.0. The maximum absolute atomic E-state index is 13.6. The quantitative estimate of drug-likeness (QED) is 0.583. The molecule has 1 amide bonds. The van der Waals surface area contributed by atoms with Gasteiger partial charge in [-0.15, -0.1) is 0 Å². The van der Waals surface area contributed by atoms with Crippen LogP contribution in [0.1, 0.15) is 35.4 Å². The molecule has 2 aromatic rings. The van der Waals surface area contributed by atoms with Gasteiger partial charge in [-0.25, -0.2) is 23.1 Å². The minimum absolute atomic E-state index is 0.152. The van der Waals surface area contributed by atoms with Crippen molar-refractivity contribution in [2.75, 3.05) is 36.4 Å². The van der Waals surface area contributed by atoms with E-state index in [4.69, 9.17) is 0 Å². The van der Waals surface area contributed by atoms with E-state index in [1.165, 1.54) is 6.42 Å². The van der Waals surface area contributed by atoms with Gasteiger partial charge < -0.3 is 15.5 Å². The summed E-state index contributed by atoms with van der Waals surface area (Å²) in [6, 6.07) is 3.49. The molecule has 3 rings (SSSR count). The number of benzene rings is 1. The fraction of sp³-hybridized carbons (Fsp3) is 0.421. The molecule has 0 spiro atoms. The smallest absolute Gasteiger partial charge is 0.254 e. The van der Waals surface area contributed by atoms with Crippen LogP contribution in [0, 0.1) is 24.4 Å². The fourth-order valence-electron chi connectivity index (χ4n) is 3.09. The minimum atomic E-state index is -1.66. The molecule has 2 N–H and O–H groups in total. The summed E-state index contributed by atoms with van der Waals surface area (Å²) in [5.74, 6) is -3.18.